The number of nitrogens with one attached hydrogen (secondary N) is 1. The Morgan fingerprint density at radius 2 is 1.71 bits per heavy atom. The molecular formula is C22H17FN2O3. The average Bonchev–Trinajstić information content (AvgIpc) is 2.69. The van der Waals surface area contributed by atoms with Gasteiger partial charge in [0.25, 0.3) is 5.56 Å². The van der Waals surface area contributed by atoms with Crippen LogP contribution in [0.3, 0.4) is 0 Å². The van der Waals surface area contributed by atoms with Crippen molar-refractivity contribution in [1.29, 1.82) is 0 Å². The van der Waals surface area contributed by atoms with E-state index in [1.54, 1.807) is 60.8 Å². The molecule has 5 nitrogen and oxygen atoms in total. The summed E-state index contributed by atoms with van der Waals surface area (Å²) in [4.78, 5) is 35.4. The van der Waals surface area contributed by atoms with Gasteiger partial charge in [0.15, 0.2) is 0 Å². The van der Waals surface area contributed by atoms with E-state index in [9.17, 15) is 14.4 Å². The summed E-state index contributed by atoms with van der Waals surface area (Å²) in [6, 6.07) is 16.8. The van der Waals surface area contributed by atoms with E-state index in [2.05, 4.69) is 5.32 Å². The fourth-order valence-corrected chi connectivity index (χ4v) is 3.47. The van der Waals surface area contributed by atoms with Crippen LogP contribution in [-0.4, -0.2) is 16.4 Å². The monoisotopic (exact) mass is 376 g/mol. The molecule has 1 N–H and O–H groups in total. The second-order valence-corrected chi connectivity index (χ2v) is 6.67. The Morgan fingerprint density at radius 1 is 0.929 bits per heavy atom. The molecule has 140 valence electrons. The number of halogens is 1. The number of benzene rings is 2. The molecule has 28 heavy (non-hydrogen) atoms. The standard InChI is InChI=1S/C22H17FN2O3/c23-21-16(4-3-5-17(21)18-11-12-19(26)24-22(18)28)14-7-9-15(10-8-14)25-13-2-1-6-20(25)27/h1-10,13,18H,11-12H2,(H,24,26,28). The first kappa shape index (κ1) is 17.9. The van der Waals surface area contributed by atoms with Crippen LogP contribution in [0.5, 0.6) is 0 Å². The molecule has 0 spiro atoms. The van der Waals surface area contributed by atoms with Gasteiger partial charge in [-0.15, -0.1) is 0 Å². The third kappa shape index (κ3) is 3.24. The number of aromatic nitrogens is 1. The zero-order valence-electron chi connectivity index (χ0n) is 14.9. The highest BCUT2D eigenvalue weighted by molar-refractivity contribution is 6.01. The van der Waals surface area contributed by atoms with Crippen LogP contribution >= 0.6 is 0 Å². The van der Waals surface area contributed by atoms with Crippen molar-refractivity contribution in [1.82, 2.24) is 9.88 Å². The first-order valence-corrected chi connectivity index (χ1v) is 8.95. The normalized spacial score (nSPS) is 16.7. The Bertz CT molecular complexity index is 1120. The number of hydrogen-bond acceptors (Lipinski definition) is 3. The molecule has 1 aromatic heterocycles. The summed E-state index contributed by atoms with van der Waals surface area (Å²) in [6.45, 7) is 0. The van der Waals surface area contributed by atoms with Crippen molar-refractivity contribution in [3.05, 3.63) is 88.6 Å². The van der Waals surface area contributed by atoms with Crippen LogP contribution in [0.15, 0.2) is 71.7 Å². The van der Waals surface area contributed by atoms with Crippen molar-refractivity contribution >= 4 is 11.8 Å². The van der Waals surface area contributed by atoms with Crippen LogP contribution in [0, 0.1) is 5.82 Å². The molecule has 4 rings (SSSR count). The lowest BCUT2D eigenvalue weighted by Gasteiger charge is -2.22. The number of amides is 2. The molecule has 0 saturated carbocycles. The van der Waals surface area contributed by atoms with Gasteiger partial charge in [-0.3, -0.25) is 24.3 Å². The van der Waals surface area contributed by atoms with E-state index in [4.69, 9.17) is 0 Å². The topological polar surface area (TPSA) is 68.2 Å². The Balaban J connectivity index is 1.69. The molecule has 1 fully saturated rings. The Kier molecular flexibility index (Phi) is 4.61. The molecule has 6 heteroatoms. The minimum atomic E-state index is -0.681. The fraction of sp³-hybridized carbons (Fsp3) is 0.136. The SMILES string of the molecule is O=C1CCC(c2cccc(-c3ccc(-n4ccccc4=O)cc3)c2F)C(=O)N1. The third-order valence-electron chi connectivity index (χ3n) is 4.92. The van der Waals surface area contributed by atoms with E-state index in [1.807, 2.05) is 0 Å². The maximum atomic E-state index is 15.2. The second kappa shape index (κ2) is 7.23. The van der Waals surface area contributed by atoms with Crippen molar-refractivity contribution < 1.29 is 14.0 Å². The lowest BCUT2D eigenvalue weighted by molar-refractivity contribution is -0.134. The van der Waals surface area contributed by atoms with Crippen molar-refractivity contribution in [2.45, 2.75) is 18.8 Å². The number of pyridine rings is 1. The number of imide groups is 1. The van der Waals surface area contributed by atoms with Gasteiger partial charge in [-0.05, 0) is 30.2 Å². The predicted octanol–water partition coefficient (Wildman–Crippen LogP) is 3.16. The molecule has 1 aliphatic heterocycles. The summed E-state index contributed by atoms with van der Waals surface area (Å²) in [5.74, 6) is -1.95. The van der Waals surface area contributed by atoms with E-state index in [0.717, 1.165) is 0 Å². The van der Waals surface area contributed by atoms with Crippen LogP contribution < -0.4 is 10.9 Å². The minimum Gasteiger partial charge on any atom is -0.296 e. The van der Waals surface area contributed by atoms with E-state index in [1.165, 1.54) is 10.6 Å². The van der Waals surface area contributed by atoms with Gasteiger partial charge in [0.1, 0.15) is 5.82 Å². The molecule has 3 aromatic rings. The van der Waals surface area contributed by atoms with Gasteiger partial charge in [0.05, 0.1) is 5.92 Å². The Morgan fingerprint density at radius 3 is 2.43 bits per heavy atom. The summed E-state index contributed by atoms with van der Waals surface area (Å²) in [7, 11) is 0. The molecule has 1 saturated heterocycles. The molecule has 0 aliphatic carbocycles. The molecule has 1 atom stereocenters. The van der Waals surface area contributed by atoms with Gasteiger partial charge in [0.2, 0.25) is 11.8 Å². The number of carbonyl (C=O) groups excluding carboxylic acids is 2. The summed E-state index contributed by atoms with van der Waals surface area (Å²) in [5.41, 5.74) is 1.82. The first-order chi connectivity index (χ1) is 13.5. The van der Waals surface area contributed by atoms with Gasteiger partial charge in [-0.25, -0.2) is 4.39 Å². The van der Waals surface area contributed by atoms with Crippen molar-refractivity contribution in [2.24, 2.45) is 0 Å². The van der Waals surface area contributed by atoms with E-state index in [0.29, 0.717) is 23.2 Å². The zero-order chi connectivity index (χ0) is 19.7. The van der Waals surface area contributed by atoms with E-state index in [-0.39, 0.29) is 23.5 Å². The molecule has 1 aliphatic rings. The van der Waals surface area contributed by atoms with Gasteiger partial charge in [-0.2, -0.15) is 0 Å². The summed E-state index contributed by atoms with van der Waals surface area (Å²) >= 11 is 0. The van der Waals surface area contributed by atoms with Crippen LogP contribution in [0.25, 0.3) is 16.8 Å². The molecule has 0 bridgehead atoms. The predicted molar refractivity (Wildman–Crippen MR) is 103 cm³/mol. The van der Waals surface area contributed by atoms with Crippen LogP contribution in [0.4, 0.5) is 4.39 Å². The summed E-state index contributed by atoms with van der Waals surface area (Å²) in [6.07, 6.45) is 2.16. The molecule has 0 radical (unpaired) electrons. The second-order valence-electron chi connectivity index (χ2n) is 6.67. The molecule has 2 amide bonds. The minimum absolute atomic E-state index is 0.152. The van der Waals surface area contributed by atoms with Gasteiger partial charge in [-0.1, -0.05) is 36.4 Å². The lowest BCUT2D eigenvalue weighted by atomic mass is 9.88. The van der Waals surface area contributed by atoms with E-state index < -0.39 is 17.6 Å². The smallest absolute Gasteiger partial charge is 0.255 e. The maximum Gasteiger partial charge on any atom is 0.255 e. The number of piperidine rings is 1. The van der Waals surface area contributed by atoms with Gasteiger partial charge in [0, 0.05) is 35.5 Å². The summed E-state index contributed by atoms with van der Waals surface area (Å²) in [5, 5.41) is 2.27. The highest BCUT2D eigenvalue weighted by Crippen LogP contribution is 2.32. The highest BCUT2D eigenvalue weighted by Gasteiger charge is 2.30. The number of hydrogen-bond donors (Lipinski definition) is 1. The molecule has 2 heterocycles. The summed E-state index contributed by atoms with van der Waals surface area (Å²) < 4.78 is 16.7. The van der Waals surface area contributed by atoms with Crippen molar-refractivity contribution in [3.8, 4) is 16.8 Å². The first-order valence-electron chi connectivity index (χ1n) is 8.95. The van der Waals surface area contributed by atoms with Crippen LogP contribution in [0.2, 0.25) is 0 Å². The molecular weight excluding hydrogens is 359 g/mol. The number of rotatable bonds is 3. The number of carbonyl (C=O) groups is 2. The van der Waals surface area contributed by atoms with E-state index >= 15 is 4.39 Å². The Labute approximate surface area is 160 Å². The molecule has 2 aromatic carbocycles. The van der Waals surface area contributed by atoms with Crippen LogP contribution in [0.1, 0.15) is 24.3 Å². The van der Waals surface area contributed by atoms with Crippen molar-refractivity contribution in [3.63, 3.8) is 0 Å². The Hall–Kier alpha value is -3.54. The van der Waals surface area contributed by atoms with Crippen LogP contribution in [-0.2, 0) is 9.59 Å². The largest absolute Gasteiger partial charge is 0.296 e. The quantitative estimate of drug-likeness (QED) is 0.714. The third-order valence-corrected chi connectivity index (χ3v) is 4.92. The van der Waals surface area contributed by atoms with Crippen molar-refractivity contribution in [2.75, 3.05) is 0 Å². The van der Waals surface area contributed by atoms with Gasteiger partial charge >= 0.3 is 0 Å². The zero-order valence-corrected chi connectivity index (χ0v) is 14.9. The average molecular weight is 376 g/mol. The highest BCUT2D eigenvalue weighted by atomic mass is 19.1. The van der Waals surface area contributed by atoms with Gasteiger partial charge < -0.3 is 0 Å². The fourth-order valence-electron chi connectivity index (χ4n) is 3.47. The lowest BCUT2D eigenvalue weighted by Crippen LogP contribution is -2.39. The maximum absolute atomic E-state index is 15.2. The molecule has 1 unspecified atom stereocenters. The number of nitrogens with zero attached hydrogens (tertiary/aromatic N) is 1.